The van der Waals surface area contributed by atoms with Crippen LogP contribution in [0.4, 0.5) is 11.5 Å². The first-order valence-corrected chi connectivity index (χ1v) is 6.62. The van der Waals surface area contributed by atoms with Crippen molar-refractivity contribution in [1.82, 2.24) is 15.1 Å². The molecular weight excluding hydrogens is 290 g/mol. The fourth-order valence-electron chi connectivity index (χ4n) is 1.90. The number of aliphatic hydroxyl groups is 2. The number of carbonyl (C=O) groups excluding carboxylic acids is 2. The fourth-order valence-corrected chi connectivity index (χ4v) is 1.90. The van der Waals surface area contributed by atoms with E-state index in [1.807, 2.05) is 0 Å². The quantitative estimate of drug-likeness (QED) is 0.378. The molecule has 0 saturated carbocycles. The molecule has 1 aliphatic carbocycles. The van der Waals surface area contributed by atoms with Crippen LogP contribution in [0.1, 0.15) is 0 Å². The molecule has 1 aliphatic rings. The molecule has 0 amide bonds. The van der Waals surface area contributed by atoms with Crippen molar-refractivity contribution in [1.29, 1.82) is 0 Å². The Morgan fingerprint density at radius 1 is 1.14 bits per heavy atom. The van der Waals surface area contributed by atoms with Crippen LogP contribution in [0, 0.1) is 0 Å². The molecule has 0 spiro atoms. The number of hydrogen-bond donors (Lipinski definition) is 5. The lowest BCUT2D eigenvalue weighted by Crippen LogP contribution is -2.28. The van der Waals surface area contributed by atoms with Gasteiger partial charge in [-0.15, -0.1) is 0 Å². The number of nitrogens with one attached hydrogen (secondary N) is 2. The Bertz CT molecular complexity index is 647. The largest absolute Gasteiger partial charge is 0.395 e. The Kier molecular flexibility index (Phi) is 4.92. The summed E-state index contributed by atoms with van der Waals surface area (Å²) in [7, 11) is 0. The first-order valence-electron chi connectivity index (χ1n) is 6.62. The van der Waals surface area contributed by atoms with Crippen LogP contribution >= 0.6 is 0 Å². The van der Waals surface area contributed by atoms with Crippen LogP contribution in [0.2, 0.25) is 0 Å². The Labute approximate surface area is 126 Å². The molecule has 1 aromatic rings. The lowest BCUT2D eigenvalue weighted by atomic mass is 10.1. The molecule has 1 aromatic heterocycles. The SMILES string of the molecule is Nc1c(NC2=CC(=O)C(NCCO)=CC2=O)cnn1CCO. The van der Waals surface area contributed by atoms with Crippen LogP contribution in [-0.2, 0) is 16.1 Å². The molecule has 6 N–H and O–H groups in total. The van der Waals surface area contributed by atoms with Crippen LogP contribution < -0.4 is 16.4 Å². The van der Waals surface area contributed by atoms with Crippen molar-refractivity contribution < 1.29 is 19.8 Å². The maximum atomic E-state index is 12.0. The molecule has 1 heterocycles. The van der Waals surface area contributed by atoms with Gasteiger partial charge >= 0.3 is 0 Å². The van der Waals surface area contributed by atoms with Crippen molar-refractivity contribution in [2.75, 3.05) is 30.8 Å². The predicted molar refractivity (Wildman–Crippen MR) is 78.6 cm³/mol. The average molecular weight is 307 g/mol. The minimum absolute atomic E-state index is 0.0785. The van der Waals surface area contributed by atoms with E-state index in [1.54, 1.807) is 0 Å². The first kappa shape index (κ1) is 15.7. The van der Waals surface area contributed by atoms with Gasteiger partial charge in [-0.05, 0) is 0 Å². The predicted octanol–water partition coefficient (Wildman–Crippen LogP) is -1.63. The van der Waals surface area contributed by atoms with Crippen molar-refractivity contribution in [3.63, 3.8) is 0 Å². The first-order chi connectivity index (χ1) is 10.6. The summed E-state index contributed by atoms with van der Waals surface area (Å²) in [5.74, 6) is -0.519. The number of ketones is 2. The Morgan fingerprint density at radius 2 is 1.82 bits per heavy atom. The summed E-state index contributed by atoms with van der Waals surface area (Å²) in [5.41, 5.74) is 6.41. The highest BCUT2D eigenvalue weighted by molar-refractivity contribution is 6.20. The molecule has 2 rings (SSSR count). The van der Waals surface area contributed by atoms with Gasteiger partial charge in [-0.25, -0.2) is 4.68 Å². The van der Waals surface area contributed by atoms with Crippen molar-refractivity contribution in [2.45, 2.75) is 6.54 Å². The summed E-state index contributed by atoms with van der Waals surface area (Å²) in [6.07, 6.45) is 3.73. The minimum atomic E-state index is -0.394. The number of carbonyl (C=O) groups is 2. The number of nitrogens with zero attached hydrogens (tertiary/aromatic N) is 2. The Hall–Kier alpha value is -2.65. The Balaban J connectivity index is 2.11. The lowest BCUT2D eigenvalue weighted by molar-refractivity contribution is -0.115. The Morgan fingerprint density at radius 3 is 2.50 bits per heavy atom. The van der Waals surface area contributed by atoms with E-state index in [2.05, 4.69) is 15.7 Å². The van der Waals surface area contributed by atoms with E-state index in [9.17, 15) is 9.59 Å². The summed E-state index contributed by atoms with van der Waals surface area (Å²) in [6, 6.07) is 0. The minimum Gasteiger partial charge on any atom is -0.395 e. The molecule has 0 saturated heterocycles. The van der Waals surface area contributed by atoms with Crippen molar-refractivity contribution >= 4 is 23.1 Å². The zero-order chi connectivity index (χ0) is 16.1. The van der Waals surface area contributed by atoms with Gasteiger partial charge in [0.05, 0.1) is 37.3 Å². The molecule has 22 heavy (non-hydrogen) atoms. The normalized spacial score (nSPS) is 14.6. The maximum absolute atomic E-state index is 12.0. The summed E-state index contributed by atoms with van der Waals surface area (Å²) in [4.78, 5) is 23.9. The lowest BCUT2D eigenvalue weighted by Gasteiger charge is -2.14. The van der Waals surface area contributed by atoms with E-state index in [4.69, 9.17) is 15.9 Å². The number of anilines is 2. The van der Waals surface area contributed by atoms with Gasteiger partial charge in [0.2, 0.25) is 11.6 Å². The van der Waals surface area contributed by atoms with Crippen LogP contribution in [0.5, 0.6) is 0 Å². The summed E-state index contributed by atoms with van der Waals surface area (Å²) < 4.78 is 1.38. The van der Waals surface area contributed by atoms with Gasteiger partial charge in [0.15, 0.2) is 0 Å². The highest BCUT2D eigenvalue weighted by atomic mass is 16.3. The van der Waals surface area contributed by atoms with Crippen molar-refractivity contribution in [3.05, 3.63) is 29.7 Å². The van der Waals surface area contributed by atoms with E-state index in [0.717, 1.165) is 12.2 Å². The number of nitrogens with two attached hydrogens (primary N) is 1. The molecule has 9 nitrogen and oxygen atoms in total. The van der Waals surface area contributed by atoms with Crippen molar-refractivity contribution in [2.24, 2.45) is 0 Å². The van der Waals surface area contributed by atoms with Gasteiger partial charge in [0.25, 0.3) is 0 Å². The molecule has 118 valence electrons. The molecule has 0 aliphatic heterocycles. The van der Waals surface area contributed by atoms with Gasteiger partial charge in [-0.2, -0.15) is 5.10 Å². The highest BCUT2D eigenvalue weighted by Crippen LogP contribution is 2.21. The zero-order valence-electron chi connectivity index (χ0n) is 11.7. The van der Waals surface area contributed by atoms with Crippen LogP contribution in [0.15, 0.2) is 29.7 Å². The zero-order valence-corrected chi connectivity index (χ0v) is 11.7. The summed E-state index contributed by atoms with van der Waals surface area (Å²) in [5, 5.41) is 27.0. The van der Waals surface area contributed by atoms with E-state index in [1.165, 1.54) is 10.9 Å². The number of nitrogen functional groups attached to an aromatic ring is 1. The molecule has 0 fully saturated rings. The second-order valence-electron chi connectivity index (χ2n) is 4.51. The number of aliphatic hydroxyl groups excluding tert-OH is 2. The third-order valence-corrected chi connectivity index (χ3v) is 2.97. The van der Waals surface area contributed by atoms with Gasteiger partial charge in [0, 0.05) is 18.7 Å². The van der Waals surface area contributed by atoms with Crippen LogP contribution in [0.25, 0.3) is 0 Å². The fraction of sp³-hybridized carbons (Fsp3) is 0.308. The van der Waals surface area contributed by atoms with E-state index in [-0.39, 0.29) is 49.3 Å². The van der Waals surface area contributed by atoms with Gasteiger partial charge in [-0.1, -0.05) is 0 Å². The summed E-state index contributed by atoms with van der Waals surface area (Å²) >= 11 is 0. The number of hydrogen-bond acceptors (Lipinski definition) is 8. The highest BCUT2D eigenvalue weighted by Gasteiger charge is 2.21. The topological polar surface area (TPSA) is 142 Å². The third kappa shape index (κ3) is 3.32. The smallest absolute Gasteiger partial charge is 0.204 e. The van der Waals surface area contributed by atoms with Crippen LogP contribution in [-0.4, -0.2) is 51.3 Å². The molecule has 0 unspecified atom stereocenters. The van der Waals surface area contributed by atoms with Gasteiger partial charge in [0.1, 0.15) is 11.5 Å². The molecule has 0 atom stereocenters. The van der Waals surface area contributed by atoms with E-state index in [0.29, 0.717) is 5.69 Å². The van der Waals surface area contributed by atoms with Gasteiger partial charge in [-0.3, -0.25) is 9.59 Å². The summed E-state index contributed by atoms with van der Waals surface area (Å²) in [6.45, 7) is 0.152. The van der Waals surface area contributed by atoms with E-state index >= 15 is 0 Å². The monoisotopic (exact) mass is 307 g/mol. The molecule has 9 heteroatoms. The molecule has 0 radical (unpaired) electrons. The maximum Gasteiger partial charge on any atom is 0.204 e. The van der Waals surface area contributed by atoms with Gasteiger partial charge < -0.3 is 26.6 Å². The van der Waals surface area contributed by atoms with Crippen molar-refractivity contribution in [3.8, 4) is 0 Å². The van der Waals surface area contributed by atoms with E-state index < -0.39 is 5.78 Å². The molecular formula is C13H17N5O4. The third-order valence-electron chi connectivity index (χ3n) is 2.97. The standard InChI is InChI=1S/C13H17N5O4/c14-13-10(7-16-18(13)2-4-20)17-9-6-11(21)8(5-12(9)22)15-1-3-19/h5-7,15,17,19-20H,1-4,14H2. The number of aromatic nitrogens is 2. The average Bonchev–Trinajstić information content (AvgIpc) is 2.83. The molecule has 0 aromatic carbocycles. The second-order valence-corrected chi connectivity index (χ2v) is 4.51. The second kappa shape index (κ2) is 6.87. The number of rotatable bonds is 7. The number of allylic oxidation sites excluding steroid dienone is 2. The van der Waals surface area contributed by atoms with Crippen LogP contribution in [0.3, 0.4) is 0 Å². The molecule has 0 bridgehead atoms.